The molecule has 0 N–H and O–H groups in total. The van der Waals surface area contributed by atoms with Gasteiger partial charge in [-0.05, 0) is 36.8 Å². The van der Waals surface area contributed by atoms with Gasteiger partial charge in [-0.15, -0.1) is 0 Å². The van der Waals surface area contributed by atoms with Crippen LogP contribution in [0.1, 0.15) is 12.0 Å². The van der Waals surface area contributed by atoms with E-state index in [9.17, 15) is 9.59 Å². The maximum atomic E-state index is 12.3. The molecule has 0 bridgehead atoms. The Bertz CT molecular complexity index is 807. The molecule has 0 radical (unpaired) electrons. The Morgan fingerprint density at radius 1 is 1.17 bits per heavy atom. The summed E-state index contributed by atoms with van der Waals surface area (Å²) in [6.07, 6.45) is 0.106. The molecule has 24 heavy (non-hydrogen) atoms. The van der Waals surface area contributed by atoms with Crippen molar-refractivity contribution >= 4 is 40.8 Å². The fraction of sp³-hybridized carbons (Fsp3) is 0.222. The number of esters is 1. The first kappa shape index (κ1) is 16.8. The zero-order chi connectivity index (χ0) is 17.3. The Kier molecular flexibility index (Phi) is 4.78. The fourth-order valence-electron chi connectivity index (χ4n) is 2.58. The topological polar surface area (TPSA) is 46.6 Å². The second-order valence-electron chi connectivity index (χ2n) is 5.69. The molecule has 1 aliphatic rings. The summed E-state index contributed by atoms with van der Waals surface area (Å²) in [4.78, 5) is 26.1. The molecule has 0 aromatic heterocycles. The number of amides is 1. The van der Waals surface area contributed by atoms with Crippen LogP contribution in [0.5, 0.6) is 5.75 Å². The molecule has 1 atom stereocenters. The van der Waals surface area contributed by atoms with Gasteiger partial charge in [0, 0.05) is 23.7 Å². The van der Waals surface area contributed by atoms with E-state index in [2.05, 4.69) is 0 Å². The predicted octanol–water partition coefficient (Wildman–Crippen LogP) is 4.26. The Balaban J connectivity index is 1.73. The monoisotopic (exact) mass is 363 g/mol. The van der Waals surface area contributed by atoms with Gasteiger partial charge in [-0.1, -0.05) is 41.4 Å². The molecule has 0 aliphatic carbocycles. The quantitative estimate of drug-likeness (QED) is 0.604. The van der Waals surface area contributed by atoms with Crippen molar-refractivity contribution in [2.75, 3.05) is 11.4 Å². The predicted molar refractivity (Wildman–Crippen MR) is 93.7 cm³/mol. The van der Waals surface area contributed by atoms with Gasteiger partial charge in [0.2, 0.25) is 5.91 Å². The highest BCUT2D eigenvalue weighted by Gasteiger charge is 2.36. The van der Waals surface area contributed by atoms with Crippen LogP contribution in [0.15, 0.2) is 42.5 Å². The first-order valence-corrected chi connectivity index (χ1v) is 8.24. The average Bonchev–Trinajstić information content (AvgIpc) is 2.94. The lowest BCUT2D eigenvalue weighted by atomic mass is 10.1. The molecule has 2 aromatic rings. The number of carbonyl (C=O) groups is 2. The van der Waals surface area contributed by atoms with Gasteiger partial charge in [-0.2, -0.15) is 0 Å². The molecule has 1 saturated heterocycles. The number of para-hydroxylation sites is 1. The molecule has 3 rings (SSSR count). The lowest BCUT2D eigenvalue weighted by Crippen LogP contribution is -2.27. The van der Waals surface area contributed by atoms with E-state index >= 15 is 0 Å². The first-order chi connectivity index (χ1) is 11.5. The summed E-state index contributed by atoms with van der Waals surface area (Å²) in [7, 11) is 0. The van der Waals surface area contributed by atoms with Gasteiger partial charge < -0.3 is 9.64 Å². The summed E-state index contributed by atoms with van der Waals surface area (Å²) >= 11 is 12.1. The van der Waals surface area contributed by atoms with Gasteiger partial charge in [0.15, 0.2) is 0 Å². The van der Waals surface area contributed by atoms with Gasteiger partial charge in [0.25, 0.3) is 0 Å². The van der Waals surface area contributed by atoms with E-state index in [-0.39, 0.29) is 18.9 Å². The normalized spacial score (nSPS) is 17.2. The highest BCUT2D eigenvalue weighted by atomic mass is 35.5. The number of halogens is 2. The lowest BCUT2D eigenvalue weighted by Gasteiger charge is -2.17. The van der Waals surface area contributed by atoms with Crippen molar-refractivity contribution in [1.82, 2.24) is 0 Å². The van der Waals surface area contributed by atoms with Crippen molar-refractivity contribution in [3.63, 3.8) is 0 Å². The van der Waals surface area contributed by atoms with Crippen LogP contribution in [0.25, 0.3) is 0 Å². The van der Waals surface area contributed by atoms with Gasteiger partial charge >= 0.3 is 5.97 Å². The number of hydrogen-bond donors (Lipinski definition) is 0. The van der Waals surface area contributed by atoms with Crippen LogP contribution in [0.3, 0.4) is 0 Å². The summed E-state index contributed by atoms with van der Waals surface area (Å²) in [6, 6.07) is 12.1. The third kappa shape index (κ3) is 3.40. The molecule has 0 spiro atoms. The van der Waals surface area contributed by atoms with Crippen molar-refractivity contribution in [1.29, 1.82) is 0 Å². The largest absolute Gasteiger partial charge is 0.425 e. The number of rotatable bonds is 3. The first-order valence-electron chi connectivity index (χ1n) is 7.48. The molecule has 1 aliphatic heterocycles. The zero-order valence-electron chi connectivity index (χ0n) is 13.0. The van der Waals surface area contributed by atoms with Crippen LogP contribution in [-0.2, 0) is 9.59 Å². The molecule has 1 amide bonds. The van der Waals surface area contributed by atoms with E-state index in [4.69, 9.17) is 27.9 Å². The average molecular weight is 364 g/mol. The zero-order valence-corrected chi connectivity index (χ0v) is 14.5. The molecule has 2 aromatic carbocycles. The number of hydrogen-bond acceptors (Lipinski definition) is 3. The highest BCUT2D eigenvalue weighted by molar-refractivity contribution is 6.32. The molecule has 1 fully saturated rings. The van der Waals surface area contributed by atoms with Crippen LogP contribution in [-0.4, -0.2) is 18.4 Å². The molecule has 6 heteroatoms. The molecular formula is C18H15Cl2NO3. The number of anilines is 1. The lowest BCUT2D eigenvalue weighted by molar-refractivity contribution is -0.139. The van der Waals surface area contributed by atoms with Crippen molar-refractivity contribution in [3.05, 3.63) is 58.1 Å². The Morgan fingerprint density at radius 2 is 1.92 bits per heavy atom. The number of aryl methyl sites for hydroxylation is 1. The van der Waals surface area contributed by atoms with Crippen LogP contribution >= 0.6 is 23.2 Å². The number of nitrogens with zero attached hydrogens (tertiary/aromatic N) is 1. The van der Waals surface area contributed by atoms with E-state index in [1.54, 1.807) is 35.2 Å². The third-order valence-electron chi connectivity index (χ3n) is 3.97. The second kappa shape index (κ2) is 6.83. The number of carbonyl (C=O) groups excluding carboxylic acids is 2. The van der Waals surface area contributed by atoms with Gasteiger partial charge in [0.1, 0.15) is 5.75 Å². The van der Waals surface area contributed by atoms with E-state index < -0.39 is 11.9 Å². The van der Waals surface area contributed by atoms with Crippen LogP contribution in [0, 0.1) is 12.8 Å². The van der Waals surface area contributed by atoms with E-state index in [0.717, 1.165) is 5.56 Å². The minimum absolute atomic E-state index is 0.106. The number of benzene rings is 2. The molecule has 0 unspecified atom stereocenters. The highest BCUT2D eigenvalue weighted by Crippen LogP contribution is 2.30. The Labute approximate surface area is 149 Å². The maximum absolute atomic E-state index is 12.3. The fourth-order valence-corrected chi connectivity index (χ4v) is 2.93. The van der Waals surface area contributed by atoms with E-state index in [1.807, 2.05) is 19.1 Å². The Morgan fingerprint density at radius 3 is 2.62 bits per heavy atom. The minimum Gasteiger partial charge on any atom is -0.425 e. The second-order valence-corrected chi connectivity index (χ2v) is 6.50. The SMILES string of the molecule is Cc1ccc(N2C[C@H](C(=O)Oc3ccccc3Cl)CC2=O)cc1Cl. The molecule has 1 heterocycles. The van der Waals surface area contributed by atoms with Gasteiger partial charge in [0.05, 0.1) is 10.9 Å². The molecule has 124 valence electrons. The van der Waals surface area contributed by atoms with Crippen LogP contribution < -0.4 is 9.64 Å². The summed E-state index contributed by atoms with van der Waals surface area (Å²) < 4.78 is 5.33. The smallest absolute Gasteiger partial charge is 0.316 e. The summed E-state index contributed by atoms with van der Waals surface area (Å²) in [5, 5.41) is 0.944. The standard InChI is InChI=1S/C18H15Cl2NO3/c1-11-6-7-13(9-15(11)20)21-10-12(8-17(21)22)18(23)24-16-5-3-2-4-14(16)19/h2-7,9,12H,8,10H2,1H3/t12-/m1/s1. The van der Waals surface area contributed by atoms with Crippen LogP contribution in [0.2, 0.25) is 10.0 Å². The van der Waals surface area contributed by atoms with Gasteiger partial charge in [-0.25, -0.2) is 0 Å². The minimum atomic E-state index is -0.533. The Hall–Kier alpha value is -2.04. The third-order valence-corrected chi connectivity index (χ3v) is 4.69. The van der Waals surface area contributed by atoms with Crippen molar-refractivity contribution < 1.29 is 14.3 Å². The van der Waals surface area contributed by atoms with Crippen molar-refractivity contribution in [2.45, 2.75) is 13.3 Å². The van der Waals surface area contributed by atoms with Gasteiger partial charge in [-0.3, -0.25) is 9.59 Å². The molecule has 4 nitrogen and oxygen atoms in total. The maximum Gasteiger partial charge on any atom is 0.316 e. The van der Waals surface area contributed by atoms with E-state index in [0.29, 0.717) is 21.5 Å². The van der Waals surface area contributed by atoms with Crippen molar-refractivity contribution in [3.8, 4) is 5.75 Å². The van der Waals surface area contributed by atoms with Crippen molar-refractivity contribution in [2.24, 2.45) is 5.92 Å². The number of ether oxygens (including phenoxy) is 1. The molecular weight excluding hydrogens is 349 g/mol. The summed E-state index contributed by atoms with van der Waals surface area (Å²) in [5.74, 6) is -0.824. The van der Waals surface area contributed by atoms with Crippen LogP contribution in [0.4, 0.5) is 5.69 Å². The summed E-state index contributed by atoms with van der Waals surface area (Å²) in [5.41, 5.74) is 1.62. The molecule has 0 saturated carbocycles. The van der Waals surface area contributed by atoms with E-state index in [1.165, 1.54) is 0 Å². The summed E-state index contributed by atoms with van der Waals surface area (Å²) in [6.45, 7) is 2.16.